The van der Waals surface area contributed by atoms with Crippen LogP contribution in [0, 0.1) is 18.8 Å². The number of carbonyl (C=O) groups excluding carboxylic acids is 2. The Morgan fingerprint density at radius 1 is 0.971 bits per heavy atom. The molecule has 2 aliphatic heterocycles. The van der Waals surface area contributed by atoms with Gasteiger partial charge in [-0.05, 0) is 30.7 Å². The van der Waals surface area contributed by atoms with Crippen molar-refractivity contribution in [3.05, 3.63) is 93.2 Å². The molecule has 5 rings (SSSR count). The highest BCUT2D eigenvalue weighted by molar-refractivity contribution is 8.00. The van der Waals surface area contributed by atoms with E-state index in [1.165, 1.54) is 26.0 Å². The summed E-state index contributed by atoms with van der Waals surface area (Å²) in [6.07, 6.45) is 0. The summed E-state index contributed by atoms with van der Waals surface area (Å²) in [5, 5.41) is 0.246. The van der Waals surface area contributed by atoms with E-state index in [1.807, 2.05) is 61.5 Å². The van der Waals surface area contributed by atoms with Crippen LogP contribution in [0.25, 0.3) is 0 Å². The zero-order valence-electron chi connectivity index (χ0n) is 19.1. The maximum atomic E-state index is 13.5. The van der Waals surface area contributed by atoms with Gasteiger partial charge in [-0.2, -0.15) is 0 Å². The Kier molecular flexibility index (Phi) is 6.08. The number of rotatable bonds is 5. The summed E-state index contributed by atoms with van der Waals surface area (Å²) < 4.78 is 17.4. The monoisotopic (exact) mass is 529 g/mol. The van der Waals surface area contributed by atoms with Crippen LogP contribution < -0.4 is 0 Å². The van der Waals surface area contributed by atoms with Crippen molar-refractivity contribution in [2.24, 2.45) is 11.8 Å². The third-order valence-corrected chi connectivity index (χ3v) is 8.42. The number of pyridine rings is 1. The molecule has 0 saturated carbocycles. The topological polar surface area (TPSA) is 74.7 Å². The summed E-state index contributed by atoms with van der Waals surface area (Å²) in [4.78, 5) is 30.6. The first kappa shape index (κ1) is 24.1. The molecule has 0 spiro atoms. The van der Waals surface area contributed by atoms with Crippen LogP contribution in [0.4, 0.5) is 0 Å². The van der Waals surface area contributed by atoms with Gasteiger partial charge in [0.15, 0.2) is 4.93 Å². The van der Waals surface area contributed by atoms with Gasteiger partial charge < -0.3 is 14.2 Å². The highest BCUT2D eigenvalue weighted by atomic mass is 35.5. The van der Waals surface area contributed by atoms with Gasteiger partial charge >= 0.3 is 11.9 Å². The first-order valence-corrected chi connectivity index (χ1v) is 12.4. The number of esters is 2. The van der Waals surface area contributed by atoms with Crippen molar-refractivity contribution in [1.82, 2.24) is 4.98 Å². The zero-order valence-corrected chi connectivity index (χ0v) is 21.4. The average Bonchev–Trinajstić information content (AvgIpc) is 3.31. The fourth-order valence-corrected chi connectivity index (χ4v) is 7.21. The summed E-state index contributed by atoms with van der Waals surface area (Å²) in [5.41, 5.74) is 1.28. The van der Waals surface area contributed by atoms with Crippen molar-refractivity contribution in [2.45, 2.75) is 22.4 Å². The van der Waals surface area contributed by atoms with E-state index < -0.39 is 34.3 Å². The van der Waals surface area contributed by atoms with Gasteiger partial charge in [0.1, 0.15) is 27.7 Å². The number of ether oxygens (including phenoxy) is 3. The second-order valence-electron chi connectivity index (χ2n) is 8.45. The lowest BCUT2D eigenvalue weighted by atomic mass is 9.66. The first-order chi connectivity index (χ1) is 16.8. The van der Waals surface area contributed by atoms with Gasteiger partial charge in [-0.3, -0.25) is 9.59 Å². The SMILES string of the molecule is COC(=O)[C@@H]1[C@H](C(=O)OC)[C@@]2(c3ccc(C)cc3)O[C@]1(Sc1ccccc1)c1cc(Cl)nc(Cl)c12. The number of fused-ring (bicyclic) bond motifs is 5. The number of hydrogen-bond acceptors (Lipinski definition) is 7. The van der Waals surface area contributed by atoms with Gasteiger partial charge in [0, 0.05) is 16.0 Å². The number of aryl methyl sites for hydroxylation is 1. The summed E-state index contributed by atoms with van der Waals surface area (Å²) in [7, 11) is 2.57. The Balaban J connectivity index is 1.89. The smallest absolute Gasteiger partial charge is 0.313 e. The molecule has 6 nitrogen and oxygen atoms in total. The van der Waals surface area contributed by atoms with Crippen LogP contribution in [-0.4, -0.2) is 31.1 Å². The van der Waals surface area contributed by atoms with Gasteiger partial charge in [0.05, 0.1) is 14.2 Å². The van der Waals surface area contributed by atoms with Crippen LogP contribution in [0.1, 0.15) is 22.3 Å². The van der Waals surface area contributed by atoms with Crippen LogP contribution in [0.15, 0.2) is 65.6 Å². The molecule has 1 fully saturated rings. The van der Waals surface area contributed by atoms with E-state index in [-0.39, 0.29) is 10.3 Å². The summed E-state index contributed by atoms with van der Waals surface area (Å²) in [6, 6.07) is 18.7. The van der Waals surface area contributed by atoms with E-state index in [4.69, 9.17) is 37.4 Å². The minimum absolute atomic E-state index is 0.0980. The predicted octanol–water partition coefficient (Wildman–Crippen LogP) is 5.51. The molecule has 9 heteroatoms. The number of thioether (sulfide) groups is 1. The summed E-state index contributed by atoms with van der Waals surface area (Å²) in [5.74, 6) is -3.37. The molecule has 0 radical (unpaired) electrons. The van der Waals surface area contributed by atoms with Crippen LogP contribution in [0.5, 0.6) is 0 Å². The number of halogens is 2. The van der Waals surface area contributed by atoms with E-state index in [1.54, 1.807) is 6.07 Å². The standard InChI is InChI=1S/C26H21Cl2NO5S/c1-14-9-11-15(12-10-14)25-19-17(13-18(27)29-22(19)28)26(34-25,35-16-7-5-4-6-8-16)21(24(31)33-3)20(25)23(30)32-2/h4-13,20-21H,1-3H3/t20-,21+,25+,26+/m1/s1. The number of carbonyl (C=O) groups is 2. The van der Waals surface area contributed by atoms with E-state index in [2.05, 4.69) is 4.98 Å². The van der Waals surface area contributed by atoms with Gasteiger partial charge in [-0.1, -0.05) is 83.0 Å². The Morgan fingerprint density at radius 2 is 1.60 bits per heavy atom. The van der Waals surface area contributed by atoms with E-state index in [0.717, 1.165) is 10.5 Å². The molecule has 1 saturated heterocycles. The van der Waals surface area contributed by atoms with E-state index >= 15 is 0 Å². The quantitative estimate of drug-likeness (QED) is 0.318. The number of aromatic nitrogens is 1. The molecule has 0 aliphatic carbocycles. The van der Waals surface area contributed by atoms with Crippen molar-refractivity contribution in [3.8, 4) is 0 Å². The molecular weight excluding hydrogens is 509 g/mol. The Labute approximate surface area is 216 Å². The van der Waals surface area contributed by atoms with Gasteiger partial charge in [0.2, 0.25) is 0 Å². The maximum Gasteiger partial charge on any atom is 0.313 e. The summed E-state index contributed by atoms with van der Waals surface area (Å²) in [6.45, 7) is 1.96. The van der Waals surface area contributed by atoms with E-state index in [9.17, 15) is 9.59 Å². The molecule has 0 amide bonds. The molecule has 35 heavy (non-hydrogen) atoms. The molecule has 0 N–H and O–H groups in total. The fourth-order valence-electron chi connectivity index (χ4n) is 5.20. The predicted molar refractivity (Wildman–Crippen MR) is 132 cm³/mol. The lowest BCUT2D eigenvalue weighted by Gasteiger charge is -2.37. The Bertz CT molecular complexity index is 1320. The molecule has 2 aliphatic rings. The zero-order chi connectivity index (χ0) is 25.0. The molecule has 2 bridgehead atoms. The third kappa shape index (κ3) is 3.48. The van der Waals surface area contributed by atoms with Gasteiger partial charge in [-0.25, -0.2) is 4.98 Å². The van der Waals surface area contributed by atoms with Gasteiger partial charge in [-0.15, -0.1) is 0 Å². The minimum Gasteiger partial charge on any atom is -0.469 e. The lowest BCUT2D eigenvalue weighted by molar-refractivity contribution is -0.159. The highest BCUT2D eigenvalue weighted by Gasteiger charge is 2.76. The minimum atomic E-state index is -1.45. The summed E-state index contributed by atoms with van der Waals surface area (Å²) >= 11 is 14.4. The Morgan fingerprint density at radius 3 is 2.23 bits per heavy atom. The maximum absolute atomic E-state index is 13.5. The molecule has 1 aromatic heterocycles. The molecule has 2 aromatic carbocycles. The number of hydrogen-bond donors (Lipinski definition) is 0. The third-order valence-electron chi connectivity index (χ3n) is 6.59. The van der Waals surface area contributed by atoms with Crippen LogP contribution >= 0.6 is 35.0 Å². The molecule has 180 valence electrons. The second-order valence-corrected chi connectivity index (χ2v) is 10.5. The molecule has 0 unspecified atom stereocenters. The van der Waals surface area contributed by atoms with Crippen molar-refractivity contribution in [2.75, 3.05) is 14.2 Å². The van der Waals surface area contributed by atoms with E-state index in [0.29, 0.717) is 16.7 Å². The first-order valence-electron chi connectivity index (χ1n) is 10.8. The molecule has 4 atom stereocenters. The largest absolute Gasteiger partial charge is 0.469 e. The normalized spacial score (nSPS) is 26.3. The number of benzene rings is 2. The molecular formula is C26H21Cl2NO5S. The van der Waals surface area contributed by atoms with Crippen molar-refractivity contribution < 1.29 is 23.8 Å². The van der Waals surface area contributed by atoms with Crippen LogP contribution in [0.3, 0.4) is 0 Å². The molecule has 3 heterocycles. The van der Waals surface area contributed by atoms with Crippen molar-refractivity contribution in [3.63, 3.8) is 0 Å². The highest BCUT2D eigenvalue weighted by Crippen LogP contribution is 2.72. The Hall–Kier alpha value is -2.58. The molecule has 3 aromatic rings. The van der Waals surface area contributed by atoms with Crippen molar-refractivity contribution in [1.29, 1.82) is 0 Å². The number of methoxy groups -OCH3 is 2. The second kappa shape index (κ2) is 8.82. The van der Waals surface area contributed by atoms with Crippen LogP contribution in [0.2, 0.25) is 10.3 Å². The van der Waals surface area contributed by atoms with Crippen LogP contribution in [-0.2, 0) is 34.3 Å². The number of nitrogens with zero attached hydrogens (tertiary/aromatic N) is 1. The van der Waals surface area contributed by atoms with Gasteiger partial charge in [0.25, 0.3) is 0 Å². The average molecular weight is 530 g/mol. The lowest BCUT2D eigenvalue weighted by Crippen LogP contribution is -2.47. The van der Waals surface area contributed by atoms with Crippen molar-refractivity contribution >= 4 is 46.9 Å². The fraction of sp³-hybridized carbons (Fsp3) is 0.269.